The van der Waals surface area contributed by atoms with Crippen molar-refractivity contribution in [1.82, 2.24) is 0 Å². The van der Waals surface area contributed by atoms with Crippen LogP contribution in [0.15, 0.2) is 53.1 Å². The summed E-state index contributed by atoms with van der Waals surface area (Å²) in [5, 5.41) is 25.9. The molecule has 1 aliphatic heterocycles. The molecule has 3 rings (SSSR count). The zero-order chi connectivity index (χ0) is 21.3. The van der Waals surface area contributed by atoms with Crippen LogP contribution in [0.2, 0.25) is 0 Å². The molecule has 2 aromatic rings. The smallest absolute Gasteiger partial charge is 0.335 e. The largest absolute Gasteiger partial charge is 0.478 e. The van der Waals surface area contributed by atoms with Crippen LogP contribution in [0, 0.1) is 10.1 Å². The van der Waals surface area contributed by atoms with Gasteiger partial charge < -0.3 is 10.0 Å². The molecular weight excluding hydrogens is 376 g/mol. The Bertz CT molecular complexity index is 1090. The van der Waals surface area contributed by atoms with Crippen LogP contribution in [0.5, 0.6) is 0 Å². The number of rotatable bonds is 5. The lowest BCUT2D eigenvalue weighted by Gasteiger charge is -2.13. The van der Waals surface area contributed by atoms with Gasteiger partial charge in [0.2, 0.25) is 0 Å². The summed E-state index contributed by atoms with van der Waals surface area (Å²) in [5.74, 6) is -1.55. The van der Waals surface area contributed by atoms with E-state index >= 15 is 0 Å². The van der Waals surface area contributed by atoms with E-state index in [1.165, 1.54) is 30.3 Å². The van der Waals surface area contributed by atoms with E-state index in [0.29, 0.717) is 22.6 Å². The highest BCUT2D eigenvalue weighted by Crippen LogP contribution is 2.30. The number of nitrogens with zero attached hydrogens (tertiary/aromatic N) is 4. The number of benzene rings is 2. The molecule has 0 fully saturated rings. The van der Waals surface area contributed by atoms with E-state index in [4.69, 9.17) is 5.11 Å². The molecule has 0 unspecified atom stereocenters. The van der Waals surface area contributed by atoms with Crippen LogP contribution in [0.25, 0.3) is 6.08 Å². The van der Waals surface area contributed by atoms with Crippen LogP contribution in [0.4, 0.5) is 17.1 Å². The number of hydrazone groups is 1. The van der Waals surface area contributed by atoms with Gasteiger partial charge in [-0.1, -0.05) is 12.1 Å². The molecule has 0 bridgehead atoms. The van der Waals surface area contributed by atoms with Crippen molar-refractivity contribution in [2.45, 2.75) is 6.92 Å². The molecule has 1 heterocycles. The van der Waals surface area contributed by atoms with Gasteiger partial charge in [-0.3, -0.25) is 14.9 Å². The number of anilines is 2. The van der Waals surface area contributed by atoms with Crippen molar-refractivity contribution in [3.8, 4) is 0 Å². The maximum atomic E-state index is 12.8. The topological polar surface area (TPSA) is 116 Å². The summed E-state index contributed by atoms with van der Waals surface area (Å²) in [6, 6.07) is 10.6. The second kappa shape index (κ2) is 7.55. The average Bonchev–Trinajstić information content (AvgIpc) is 2.96. The van der Waals surface area contributed by atoms with Crippen LogP contribution < -0.4 is 9.91 Å². The van der Waals surface area contributed by atoms with Gasteiger partial charge in [-0.25, -0.2) is 4.79 Å². The first kappa shape index (κ1) is 19.7. The van der Waals surface area contributed by atoms with Crippen molar-refractivity contribution in [3.05, 3.63) is 69.3 Å². The van der Waals surface area contributed by atoms with Gasteiger partial charge >= 0.3 is 5.97 Å². The summed E-state index contributed by atoms with van der Waals surface area (Å²) in [6.07, 6.45) is 1.54. The molecule has 2 aromatic carbocycles. The van der Waals surface area contributed by atoms with E-state index in [1.54, 1.807) is 44.1 Å². The van der Waals surface area contributed by atoms with Gasteiger partial charge in [0.05, 0.1) is 27.5 Å². The number of hydrogen-bond acceptors (Lipinski definition) is 6. The Kier molecular flexibility index (Phi) is 5.14. The minimum atomic E-state index is -1.11. The SMILES string of the molecule is CC1=NN(c2cccc(C(=O)O)c2)C(=O)/C1=C\c1ccc(N(C)C)c([N+](=O)[O-])c1. The van der Waals surface area contributed by atoms with Crippen molar-refractivity contribution in [3.63, 3.8) is 0 Å². The Morgan fingerprint density at radius 3 is 2.59 bits per heavy atom. The number of carboxylic acids is 1. The van der Waals surface area contributed by atoms with E-state index in [1.807, 2.05) is 0 Å². The Morgan fingerprint density at radius 1 is 1.24 bits per heavy atom. The minimum Gasteiger partial charge on any atom is -0.478 e. The monoisotopic (exact) mass is 394 g/mol. The Hall–Kier alpha value is -4.01. The number of carbonyl (C=O) groups is 2. The van der Waals surface area contributed by atoms with Crippen molar-refractivity contribution in [2.24, 2.45) is 5.10 Å². The maximum absolute atomic E-state index is 12.8. The first-order chi connectivity index (χ1) is 13.7. The molecule has 0 aliphatic carbocycles. The van der Waals surface area contributed by atoms with Crippen LogP contribution in [-0.4, -0.2) is 41.7 Å². The highest BCUT2D eigenvalue weighted by atomic mass is 16.6. The van der Waals surface area contributed by atoms with Crippen molar-refractivity contribution < 1.29 is 19.6 Å². The standard InChI is InChI=1S/C20H18N4O5/c1-12-16(9-13-7-8-17(22(2)3)18(10-13)24(28)29)19(25)23(21-12)15-6-4-5-14(11-15)20(26)27/h4-11H,1-3H3,(H,26,27)/b16-9-. The maximum Gasteiger partial charge on any atom is 0.335 e. The van der Waals surface area contributed by atoms with E-state index in [9.17, 15) is 19.7 Å². The number of carbonyl (C=O) groups excluding carboxylic acids is 1. The Labute approximate surface area is 166 Å². The van der Waals surface area contributed by atoms with Gasteiger partial charge in [-0.05, 0) is 42.8 Å². The lowest BCUT2D eigenvalue weighted by atomic mass is 10.1. The number of carboxylic acid groups (broad SMARTS) is 1. The van der Waals surface area contributed by atoms with Crippen molar-refractivity contribution in [2.75, 3.05) is 24.0 Å². The van der Waals surface area contributed by atoms with Gasteiger partial charge in [0.15, 0.2) is 0 Å². The number of amides is 1. The first-order valence-corrected chi connectivity index (χ1v) is 8.60. The van der Waals surface area contributed by atoms with E-state index in [0.717, 1.165) is 5.01 Å². The van der Waals surface area contributed by atoms with Crippen LogP contribution >= 0.6 is 0 Å². The molecule has 0 saturated carbocycles. The number of nitro groups is 1. The molecule has 29 heavy (non-hydrogen) atoms. The molecule has 9 heteroatoms. The van der Waals surface area contributed by atoms with Crippen LogP contribution in [0.3, 0.4) is 0 Å². The highest BCUT2D eigenvalue weighted by Gasteiger charge is 2.29. The lowest BCUT2D eigenvalue weighted by Crippen LogP contribution is -2.21. The van der Waals surface area contributed by atoms with Gasteiger partial charge in [0.25, 0.3) is 11.6 Å². The molecule has 0 saturated heterocycles. The van der Waals surface area contributed by atoms with Gasteiger partial charge in [-0.15, -0.1) is 0 Å². The fourth-order valence-electron chi connectivity index (χ4n) is 2.95. The summed E-state index contributed by atoms with van der Waals surface area (Å²) < 4.78 is 0. The summed E-state index contributed by atoms with van der Waals surface area (Å²) in [4.78, 5) is 36.6. The third kappa shape index (κ3) is 3.84. The summed E-state index contributed by atoms with van der Waals surface area (Å²) >= 11 is 0. The average molecular weight is 394 g/mol. The quantitative estimate of drug-likeness (QED) is 0.473. The zero-order valence-electron chi connectivity index (χ0n) is 16.0. The van der Waals surface area contributed by atoms with E-state index in [2.05, 4.69) is 5.10 Å². The highest BCUT2D eigenvalue weighted by molar-refractivity contribution is 6.32. The van der Waals surface area contributed by atoms with Gasteiger partial charge in [0, 0.05) is 20.2 Å². The Morgan fingerprint density at radius 2 is 1.97 bits per heavy atom. The predicted octanol–water partition coefficient (Wildman–Crippen LogP) is 3.17. The van der Waals surface area contributed by atoms with Crippen molar-refractivity contribution in [1.29, 1.82) is 0 Å². The predicted molar refractivity (Wildman–Crippen MR) is 109 cm³/mol. The third-order valence-electron chi connectivity index (χ3n) is 4.39. The fourth-order valence-corrected chi connectivity index (χ4v) is 2.95. The molecule has 0 aromatic heterocycles. The van der Waals surface area contributed by atoms with Crippen LogP contribution in [0.1, 0.15) is 22.8 Å². The van der Waals surface area contributed by atoms with E-state index in [-0.39, 0.29) is 16.8 Å². The normalized spacial score (nSPS) is 14.9. The first-order valence-electron chi connectivity index (χ1n) is 8.60. The number of nitro benzene ring substituents is 1. The van der Waals surface area contributed by atoms with Crippen molar-refractivity contribution >= 4 is 40.7 Å². The molecule has 148 valence electrons. The van der Waals surface area contributed by atoms with Gasteiger partial charge in [-0.2, -0.15) is 10.1 Å². The molecule has 1 aliphatic rings. The number of hydrogen-bond donors (Lipinski definition) is 1. The molecule has 0 radical (unpaired) electrons. The molecular formula is C20H18N4O5. The molecule has 0 spiro atoms. The lowest BCUT2D eigenvalue weighted by molar-refractivity contribution is -0.384. The van der Waals surface area contributed by atoms with Gasteiger partial charge in [0.1, 0.15) is 5.69 Å². The van der Waals surface area contributed by atoms with Crippen LogP contribution in [-0.2, 0) is 4.79 Å². The fraction of sp³-hybridized carbons (Fsp3) is 0.150. The third-order valence-corrected chi connectivity index (χ3v) is 4.39. The molecule has 0 atom stereocenters. The molecule has 1 amide bonds. The van der Waals surface area contributed by atoms with E-state index < -0.39 is 16.8 Å². The Balaban J connectivity index is 1.98. The molecule has 9 nitrogen and oxygen atoms in total. The molecule has 1 N–H and O–H groups in total. The summed E-state index contributed by atoms with van der Waals surface area (Å²) in [5.41, 5.74) is 1.93. The second-order valence-corrected chi connectivity index (χ2v) is 6.62. The summed E-state index contributed by atoms with van der Waals surface area (Å²) in [7, 11) is 3.42. The number of aromatic carboxylic acids is 1. The summed E-state index contributed by atoms with van der Waals surface area (Å²) in [6.45, 7) is 1.65. The zero-order valence-corrected chi connectivity index (χ0v) is 16.0. The minimum absolute atomic E-state index is 0.0375. The second-order valence-electron chi connectivity index (χ2n) is 6.62.